The molecule has 7 nitrogen and oxygen atoms in total. The van der Waals surface area contributed by atoms with Gasteiger partial charge in [0.05, 0.1) is 12.8 Å². The minimum Gasteiger partial charge on any atom is -0.381 e. The number of aromatic nitrogens is 2. The number of carbonyl (C=O) groups is 1. The van der Waals surface area contributed by atoms with E-state index < -0.39 is 0 Å². The summed E-state index contributed by atoms with van der Waals surface area (Å²) in [6, 6.07) is 0.267. The van der Waals surface area contributed by atoms with Crippen molar-refractivity contribution in [3.8, 4) is 0 Å². The monoisotopic (exact) mass is 349 g/mol. The van der Waals surface area contributed by atoms with Crippen molar-refractivity contribution >= 4 is 6.03 Å². The number of rotatable bonds is 7. The lowest BCUT2D eigenvalue weighted by molar-refractivity contribution is 0.148. The first kappa shape index (κ1) is 18.2. The Bertz CT molecular complexity index is 533. The van der Waals surface area contributed by atoms with Gasteiger partial charge < -0.3 is 20.3 Å². The van der Waals surface area contributed by atoms with Crippen molar-refractivity contribution in [2.45, 2.75) is 38.1 Å². The molecule has 7 heteroatoms. The van der Waals surface area contributed by atoms with Crippen LogP contribution in [0.2, 0.25) is 0 Å². The molecule has 140 valence electrons. The zero-order valence-electron chi connectivity index (χ0n) is 15.2. The maximum absolute atomic E-state index is 12.0. The molecular weight excluding hydrogens is 318 g/mol. The summed E-state index contributed by atoms with van der Waals surface area (Å²) in [5.41, 5.74) is 1.21. The van der Waals surface area contributed by atoms with E-state index in [1.165, 1.54) is 12.0 Å². The van der Waals surface area contributed by atoms with Gasteiger partial charge in [-0.25, -0.2) is 4.79 Å². The van der Waals surface area contributed by atoms with Crippen LogP contribution in [0.25, 0.3) is 0 Å². The molecule has 25 heavy (non-hydrogen) atoms. The summed E-state index contributed by atoms with van der Waals surface area (Å²) < 4.78 is 7.26. The number of hydrogen-bond donors (Lipinski definition) is 2. The van der Waals surface area contributed by atoms with Crippen LogP contribution < -0.4 is 10.6 Å². The summed E-state index contributed by atoms with van der Waals surface area (Å²) in [4.78, 5) is 14.5. The molecule has 0 aromatic carbocycles. The Morgan fingerprint density at radius 3 is 2.88 bits per heavy atom. The van der Waals surface area contributed by atoms with Gasteiger partial charge in [0.15, 0.2) is 0 Å². The second-order valence-corrected chi connectivity index (χ2v) is 7.33. The maximum Gasteiger partial charge on any atom is 0.315 e. The number of ether oxygens (including phenoxy) is 1. The summed E-state index contributed by atoms with van der Waals surface area (Å²) in [6.45, 7) is 5.82. The average Bonchev–Trinajstić information content (AvgIpc) is 3.25. The molecule has 0 radical (unpaired) electrons. The van der Waals surface area contributed by atoms with Crippen LogP contribution >= 0.6 is 0 Å². The molecule has 1 aromatic rings. The highest BCUT2D eigenvalue weighted by molar-refractivity contribution is 5.74. The first-order valence-electron chi connectivity index (χ1n) is 9.51. The Morgan fingerprint density at radius 2 is 2.20 bits per heavy atom. The molecular formula is C18H31N5O2. The van der Waals surface area contributed by atoms with E-state index in [9.17, 15) is 4.79 Å². The van der Waals surface area contributed by atoms with Gasteiger partial charge in [0.2, 0.25) is 0 Å². The van der Waals surface area contributed by atoms with Crippen molar-refractivity contribution in [2.75, 3.05) is 39.4 Å². The number of carbonyl (C=O) groups excluding carboxylic acids is 1. The lowest BCUT2D eigenvalue weighted by Crippen LogP contribution is -2.48. The fraction of sp³-hybridized carbons (Fsp3) is 0.778. The molecule has 0 saturated carbocycles. The Morgan fingerprint density at radius 1 is 1.36 bits per heavy atom. The Labute approximate surface area is 150 Å². The first-order chi connectivity index (χ1) is 12.2. The minimum atomic E-state index is -0.0335. The second-order valence-electron chi connectivity index (χ2n) is 7.33. The maximum atomic E-state index is 12.0. The molecule has 0 bridgehead atoms. The molecule has 1 atom stereocenters. The number of piperidine rings is 1. The number of urea groups is 1. The van der Waals surface area contributed by atoms with E-state index in [0.717, 1.165) is 58.5 Å². The molecule has 0 aliphatic carbocycles. The van der Waals surface area contributed by atoms with Gasteiger partial charge in [-0.05, 0) is 43.6 Å². The molecule has 2 aliphatic rings. The van der Waals surface area contributed by atoms with Crippen LogP contribution in [0.4, 0.5) is 4.79 Å². The summed E-state index contributed by atoms with van der Waals surface area (Å²) in [7, 11) is 1.92. The van der Waals surface area contributed by atoms with Crippen molar-refractivity contribution in [1.82, 2.24) is 25.3 Å². The van der Waals surface area contributed by atoms with Crippen LogP contribution in [0, 0.1) is 5.92 Å². The molecule has 1 aromatic heterocycles. The van der Waals surface area contributed by atoms with Crippen molar-refractivity contribution < 1.29 is 9.53 Å². The molecule has 0 spiro atoms. The van der Waals surface area contributed by atoms with Gasteiger partial charge in [-0.15, -0.1) is 0 Å². The molecule has 2 N–H and O–H groups in total. The predicted octanol–water partition coefficient (Wildman–Crippen LogP) is 1.15. The van der Waals surface area contributed by atoms with Crippen LogP contribution in [-0.2, 0) is 18.2 Å². The van der Waals surface area contributed by atoms with E-state index in [1.807, 2.05) is 24.1 Å². The van der Waals surface area contributed by atoms with Crippen LogP contribution in [0.5, 0.6) is 0 Å². The molecule has 2 amide bonds. The van der Waals surface area contributed by atoms with Gasteiger partial charge in [0.1, 0.15) is 0 Å². The van der Waals surface area contributed by atoms with Crippen LogP contribution in [-0.4, -0.2) is 66.1 Å². The number of likely N-dealkylation sites (tertiary alicyclic amines) is 1. The van der Waals surface area contributed by atoms with Crippen LogP contribution in [0.3, 0.4) is 0 Å². The van der Waals surface area contributed by atoms with E-state index in [1.54, 1.807) is 0 Å². The van der Waals surface area contributed by atoms with Crippen molar-refractivity contribution in [1.29, 1.82) is 0 Å². The predicted molar refractivity (Wildman–Crippen MR) is 96.5 cm³/mol. The second kappa shape index (κ2) is 9.20. The van der Waals surface area contributed by atoms with Gasteiger partial charge in [-0.1, -0.05) is 0 Å². The zero-order chi connectivity index (χ0) is 17.5. The van der Waals surface area contributed by atoms with E-state index in [0.29, 0.717) is 18.5 Å². The zero-order valence-corrected chi connectivity index (χ0v) is 15.2. The Balaban J connectivity index is 1.24. The van der Waals surface area contributed by atoms with E-state index in [-0.39, 0.29) is 6.03 Å². The normalized spacial score (nSPS) is 22.2. The fourth-order valence-electron chi connectivity index (χ4n) is 3.68. The molecule has 3 rings (SSSR count). The highest BCUT2D eigenvalue weighted by Gasteiger charge is 2.24. The quantitative estimate of drug-likeness (QED) is 0.725. The Kier molecular flexibility index (Phi) is 6.69. The topological polar surface area (TPSA) is 71.4 Å². The Hall–Kier alpha value is -1.60. The molecule has 2 saturated heterocycles. The highest BCUT2D eigenvalue weighted by atomic mass is 16.5. The fourth-order valence-corrected chi connectivity index (χ4v) is 3.68. The molecule has 1 unspecified atom stereocenters. The third-order valence-corrected chi connectivity index (χ3v) is 5.15. The third-order valence-electron chi connectivity index (χ3n) is 5.15. The van der Waals surface area contributed by atoms with Crippen LogP contribution in [0.15, 0.2) is 12.4 Å². The van der Waals surface area contributed by atoms with Crippen LogP contribution in [0.1, 0.15) is 31.2 Å². The van der Waals surface area contributed by atoms with E-state index >= 15 is 0 Å². The van der Waals surface area contributed by atoms with E-state index in [4.69, 9.17) is 4.74 Å². The van der Waals surface area contributed by atoms with E-state index in [2.05, 4.69) is 20.6 Å². The highest BCUT2D eigenvalue weighted by Crippen LogP contribution is 2.17. The van der Waals surface area contributed by atoms with Crippen molar-refractivity contribution in [3.63, 3.8) is 0 Å². The lowest BCUT2D eigenvalue weighted by Gasteiger charge is -2.33. The average molecular weight is 349 g/mol. The summed E-state index contributed by atoms with van der Waals surface area (Å²) in [6.07, 6.45) is 9.04. The number of amides is 2. The minimum absolute atomic E-state index is 0.0335. The molecule has 2 fully saturated rings. The van der Waals surface area contributed by atoms with Gasteiger partial charge in [-0.2, -0.15) is 5.10 Å². The van der Waals surface area contributed by atoms with Crippen molar-refractivity contribution in [3.05, 3.63) is 18.0 Å². The van der Waals surface area contributed by atoms with Gasteiger partial charge in [0.25, 0.3) is 0 Å². The van der Waals surface area contributed by atoms with Gasteiger partial charge >= 0.3 is 6.03 Å². The summed E-state index contributed by atoms with van der Waals surface area (Å²) in [5.74, 6) is 0.702. The largest absolute Gasteiger partial charge is 0.381 e. The number of nitrogens with zero attached hydrogens (tertiary/aromatic N) is 3. The first-order valence-corrected chi connectivity index (χ1v) is 9.51. The number of hydrogen-bond acceptors (Lipinski definition) is 4. The molecule has 3 heterocycles. The number of nitrogens with one attached hydrogen (secondary N) is 2. The molecule has 2 aliphatic heterocycles. The number of aryl methyl sites for hydroxylation is 2. The van der Waals surface area contributed by atoms with Gasteiger partial charge in [-0.3, -0.25) is 4.68 Å². The third kappa shape index (κ3) is 6.01. The lowest BCUT2D eigenvalue weighted by atomic mass is 10.0. The van der Waals surface area contributed by atoms with Gasteiger partial charge in [0, 0.05) is 52.1 Å². The standard InChI is InChI=1S/C18H31N5O2/c1-22-12-15(11-20-22)3-2-7-19-18(24)21-17-4-8-23(9-5-17)13-16-6-10-25-14-16/h11-12,16-17H,2-10,13-14H2,1H3,(H2,19,21,24). The summed E-state index contributed by atoms with van der Waals surface area (Å²) >= 11 is 0. The SMILES string of the molecule is Cn1cc(CCCNC(=O)NC2CCN(CC3CCOC3)CC2)cn1. The summed E-state index contributed by atoms with van der Waals surface area (Å²) in [5, 5.41) is 10.2. The van der Waals surface area contributed by atoms with Crippen molar-refractivity contribution in [2.24, 2.45) is 13.0 Å². The smallest absolute Gasteiger partial charge is 0.315 e.